The molecular weight excluding hydrogens is 300 g/mol. The number of benzene rings is 1. The van der Waals surface area contributed by atoms with E-state index in [4.69, 9.17) is 4.74 Å². The van der Waals surface area contributed by atoms with Crippen LogP contribution >= 0.6 is 11.3 Å². The number of amides is 1. The van der Waals surface area contributed by atoms with Crippen molar-refractivity contribution in [2.75, 3.05) is 11.9 Å². The molecule has 1 amide bonds. The first-order valence-corrected chi connectivity index (χ1v) is 7.65. The monoisotopic (exact) mass is 316 g/mol. The largest absolute Gasteiger partial charge is 0.463 e. The van der Waals surface area contributed by atoms with Crippen LogP contribution in [0.2, 0.25) is 0 Å². The van der Waals surface area contributed by atoms with E-state index in [0.29, 0.717) is 11.7 Å². The molecule has 1 heterocycles. The molecule has 0 saturated carbocycles. The van der Waals surface area contributed by atoms with Gasteiger partial charge >= 0.3 is 5.97 Å². The van der Waals surface area contributed by atoms with Gasteiger partial charge in [-0.2, -0.15) is 0 Å². The molecule has 0 unspecified atom stereocenters. The molecule has 2 aromatic rings. The minimum atomic E-state index is -0.356. The molecule has 114 valence electrons. The first-order valence-electron chi connectivity index (χ1n) is 6.77. The highest BCUT2D eigenvalue weighted by Gasteiger charge is 2.05. The molecule has 1 aromatic heterocycles. The van der Waals surface area contributed by atoms with E-state index in [1.165, 1.54) is 24.3 Å². The van der Waals surface area contributed by atoms with Crippen molar-refractivity contribution in [3.8, 4) is 11.3 Å². The summed E-state index contributed by atoms with van der Waals surface area (Å²) in [5, 5.41) is 5.12. The van der Waals surface area contributed by atoms with E-state index < -0.39 is 0 Å². The fraction of sp³-hybridized carbons (Fsp3) is 0.188. The summed E-state index contributed by atoms with van der Waals surface area (Å²) in [6, 6.07) is 7.61. The molecule has 2 rings (SSSR count). The van der Waals surface area contributed by atoms with Gasteiger partial charge in [0.25, 0.3) is 0 Å². The van der Waals surface area contributed by atoms with Crippen molar-refractivity contribution in [3.05, 3.63) is 41.3 Å². The second kappa shape index (κ2) is 7.51. The Morgan fingerprint density at radius 1 is 1.32 bits per heavy atom. The average molecular weight is 316 g/mol. The summed E-state index contributed by atoms with van der Waals surface area (Å²) in [6.45, 7) is 3.58. The molecule has 6 heteroatoms. The summed E-state index contributed by atoms with van der Waals surface area (Å²) < 4.78 is 4.82. The Balaban J connectivity index is 2.07. The normalized spacial score (nSPS) is 10.6. The predicted octanol–water partition coefficient (Wildman–Crippen LogP) is 3.34. The van der Waals surface area contributed by atoms with Crippen LogP contribution in [0.5, 0.6) is 0 Å². The van der Waals surface area contributed by atoms with Crippen LogP contribution in [0.25, 0.3) is 17.3 Å². The van der Waals surface area contributed by atoms with Crippen molar-refractivity contribution in [1.82, 2.24) is 4.98 Å². The summed E-state index contributed by atoms with van der Waals surface area (Å²) in [5.41, 5.74) is 2.64. The number of nitrogens with one attached hydrogen (secondary N) is 1. The number of hydrogen-bond donors (Lipinski definition) is 1. The van der Waals surface area contributed by atoms with Crippen molar-refractivity contribution in [2.45, 2.75) is 13.8 Å². The van der Waals surface area contributed by atoms with Crippen LogP contribution in [-0.4, -0.2) is 23.5 Å². The Hall–Kier alpha value is -2.47. The molecule has 0 aliphatic heterocycles. The Bertz CT molecular complexity index is 690. The van der Waals surface area contributed by atoms with Gasteiger partial charge in [-0.05, 0) is 18.6 Å². The topological polar surface area (TPSA) is 68.3 Å². The molecule has 22 heavy (non-hydrogen) atoms. The Morgan fingerprint density at radius 2 is 2.05 bits per heavy atom. The first kappa shape index (κ1) is 15.9. The maximum absolute atomic E-state index is 11.2. The molecular formula is C16H16N2O3S. The van der Waals surface area contributed by atoms with Gasteiger partial charge in [0.15, 0.2) is 5.13 Å². The summed E-state index contributed by atoms with van der Waals surface area (Å²) in [5.74, 6) is -0.494. The molecule has 0 atom stereocenters. The molecule has 1 N–H and O–H groups in total. The Morgan fingerprint density at radius 3 is 2.68 bits per heavy atom. The summed E-state index contributed by atoms with van der Waals surface area (Å²) in [4.78, 5) is 26.6. The van der Waals surface area contributed by atoms with Gasteiger partial charge in [-0.15, -0.1) is 11.3 Å². The van der Waals surface area contributed by atoms with E-state index in [2.05, 4.69) is 10.3 Å². The molecule has 5 nitrogen and oxygen atoms in total. The maximum Gasteiger partial charge on any atom is 0.330 e. The minimum Gasteiger partial charge on any atom is -0.463 e. The zero-order valence-electron chi connectivity index (χ0n) is 12.3. The third-order valence-electron chi connectivity index (χ3n) is 2.69. The standard InChI is InChI=1S/C16H16N2O3S/c1-3-21-15(20)9-6-12-4-7-13(8-5-12)14-10-22-16(18-14)17-11(2)19/h4-10H,3H2,1-2H3,(H,17,18,19)/b9-6+. The van der Waals surface area contributed by atoms with Crippen molar-refractivity contribution in [1.29, 1.82) is 0 Å². The number of rotatable bonds is 5. The fourth-order valence-electron chi connectivity index (χ4n) is 1.73. The van der Waals surface area contributed by atoms with Crippen molar-refractivity contribution in [3.63, 3.8) is 0 Å². The molecule has 0 aliphatic rings. The van der Waals surface area contributed by atoms with E-state index >= 15 is 0 Å². The minimum absolute atomic E-state index is 0.139. The Kier molecular flexibility index (Phi) is 5.43. The van der Waals surface area contributed by atoms with Crippen LogP contribution in [0.3, 0.4) is 0 Å². The third-order valence-corrected chi connectivity index (χ3v) is 3.45. The molecule has 0 aliphatic carbocycles. The number of nitrogens with zero attached hydrogens (tertiary/aromatic N) is 1. The van der Waals surface area contributed by atoms with E-state index in [9.17, 15) is 9.59 Å². The highest BCUT2D eigenvalue weighted by Crippen LogP contribution is 2.25. The van der Waals surface area contributed by atoms with Crippen LogP contribution in [0.4, 0.5) is 5.13 Å². The van der Waals surface area contributed by atoms with Gasteiger partial charge in [-0.1, -0.05) is 24.3 Å². The van der Waals surface area contributed by atoms with Crippen LogP contribution < -0.4 is 5.32 Å². The molecule has 0 spiro atoms. The number of anilines is 1. The Labute approximate surface area is 132 Å². The summed E-state index contributed by atoms with van der Waals surface area (Å²) in [7, 11) is 0. The second-order valence-electron chi connectivity index (χ2n) is 4.43. The van der Waals surface area contributed by atoms with E-state index in [0.717, 1.165) is 16.8 Å². The van der Waals surface area contributed by atoms with Gasteiger partial charge in [0.2, 0.25) is 5.91 Å². The lowest BCUT2D eigenvalue weighted by Gasteiger charge is -1.99. The zero-order chi connectivity index (χ0) is 15.9. The highest BCUT2D eigenvalue weighted by molar-refractivity contribution is 7.14. The highest BCUT2D eigenvalue weighted by atomic mass is 32.1. The molecule has 0 bridgehead atoms. The van der Waals surface area contributed by atoms with Crippen LogP contribution in [0.1, 0.15) is 19.4 Å². The van der Waals surface area contributed by atoms with Crippen molar-refractivity contribution >= 4 is 34.4 Å². The van der Waals surface area contributed by atoms with Gasteiger partial charge in [-0.25, -0.2) is 9.78 Å². The molecule has 0 fully saturated rings. The lowest BCUT2D eigenvalue weighted by molar-refractivity contribution is -0.137. The average Bonchev–Trinajstić information content (AvgIpc) is 2.93. The number of carbonyl (C=O) groups excluding carboxylic acids is 2. The van der Waals surface area contributed by atoms with Gasteiger partial charge in [0, 0.05) is 23.9 Å². The quantitative estimate of drug-likeness (QED) is 0.678. The zero-order valence-corrected chi connectivity index (χ0v) is 13.1. The van der Waals surface area contributed by atoms with E-state index in [-0.39, 0.29) is 11.9 Å². The van der Waals surface area contributed by atoms with E-state index in [1.54, 1.807) is 13.0 Å². The van der Waals surface area contributed by atoms with Gasteiger partial charge in [-0.3, -0.25) is 4.79 Å². The lowest BCUT2D eigenvalue weighted by atomic mass is 10.1. The number of esters is 1. The number of thiazole rings is 1. The van der Waals surface area contributed by atoms with Crippen molar-refractivity contribution < 1.29 is 14.3 Å². The van der Waals surface area contributed by atoms with Crippen LogP contribution in [0.15, 0.2) is 35.7 Å². The molecule has 1 aromatic carbocycles. The van der Waals surface area contributed by atoms with Crippen LogP contribution in [0, 0.1) is 0 Å². The number of ether oxygens (including phenoxy) is 1. The molecule has 0 radical (unpaired) electrons. The van der Waals surface area contributed by atoms with E-state index in [1.807, 2.05) is 29.6 Å². The number of aromatic nitrogens is 1. The van der Waals surface area contributed by atoms with Gasteiger partial charge < -0.3 is 10.1 Å². The SMILES string of the molecule is CCOC(=O)/C=C/c1ccc(-c2csc(NC(C)=O)n2)cc1. The van der Waals surface area contributed by atoms with Gasteiger partial charge in [0.1, 0.15) is 0 Å². The maximum atomic E-state index is 11.2. The summed E-state index contributed by atoms with van der Waals surface area (Å²) in [6.07, 6.45) is 3.10. The third kappa shape index (κ3) is 4.53. The van der Waals surface area contributed by atoms with Crippen LogP contribution in [-0.2, 0) is 14.3 Å². The lowest BCUT2D eigenvalue weighted by Crippen LogP contribution is -2.04. The molecule has 0 saturated heterocycles. The smallest absolute Gasteiger partial charge is 0.330 e. The first-order chi connectivity index (χ1) is 10.6. The summed E-state index contributed by atoms with van der Waals surface area (Å²) >= 11 is 1.38. The van der Waals surface area contributed by atoms with Crippen molar-refractivity contribution in [2.24, 2.45) is 0 Å². The number of carbonyl (C=O) groups is 2. The second-order valence-corrected chi connectivity index (χ2v) is 5.28. The fourth-order valence-corrected chi connectivity index (χ4v) is 2.50. The van der Waals surface area contributed by atoms with Gasteiger partial charge in [0.05, 0.1) is 12.3 Å². The number of hydrogen-bond acceptors (Lipinski definition) is 5. The predicted molar refractivity (Wildman–Crippen MR) is 87.5 cm³/mol.